The Morgan fingerprint density at radius 1 is 1.29 bits per heavy atom. The average Bonchev–Trinajstić information content (AvgIpc) is 2.34. The van der Waals surface area contributed by atoms with E-state index >= 15 is 0 Å². The third kappa shape index (κ3) is 6.04. The summed E-state index contributed by atoms with van der Waals surface area (Å²) in [4.78, 5) is 10.5. The molecular weight excluding hydrogens is 216 g/mol. The summed E-state index contributed by atoms with van der Waals surface area (Å²) >= 11 is 0. The number of carbonyl (C=O) groups is 1. The Hall–Kier alpha value is -1.39. The number of nitrogens with one attached hydrogen (secondary N) is 1. The van der Waals surface area contributed by atoms with Gasteiger partial charge in [0.05, 0.1) is 0 Å². The van der Waals surface area contributed by atoms with Gasteiger partial charge in [-0.05, 0) is 24.9 Å². The molecule has 0 aromatic heterocycles. The number of carboxylic acid groups (broad SMARTS) is 1. The lowest BCUT2D eigenvalue weighted by Crippen LogP contribution is -2.30. The fourth-order valence-corrected chi connectivity index (χ4v) is 1.57. The number of aliphatic carboxylic acids is 1. The highest BCUT2D eigenvalue weighted by Crippen LogP contribution is 2.00. The van der Waals surface area contributed by atoms with Gasteiger partial charge in [0.15, 0.2) is 0 Å². The van der Waals surface area contributed by atoms with Crippen LogP contribution in [0.25, 0.3) is 0 Å². The molecule has 17 heavy (non-hydrogen) atoms. The van der Waals surface area contributed by atoms with Crippen molar-refractivity contribution < 1.29 is 9.90 Å². The Balaban J connectivity index is 2.00. The van der Waals surface area contributed by atoms with Crippen molar-refractivity contribution >= 4 is 5.97 Å². The van der Waals surface area contributed by atoms with Crippen molar-refractivity contribution in [3.05, 3.63) is 35.9 Å². The van der Waals surface area contributed by atoms with Gasteiger partial charge in [0.2, 0.25) is 0 Å². The smallest absolute Gasteiger partial charge is 0.320 e. The molecule has 0 aliphatic rings. The van der Waals surface area contributed by atoms with Crippen LogP contribution in [0.15, 0.2) is 30.3 Å². The van der Waals surface area contributed by atoms with Gasteiger partial charge < -0.3 is 16.2 Å². The maximum Gasteiger partial charge on any atom is 0.320 e. The zero-order valence-corrected chi connectivity index (χ0v) is 9.93. The molecule has 0 saturated carbocycles. The molecule has 94 valence electrons. The third-order valence-electron chi connectivity index (χ3n) is 2.61. The minimum Gasteiger partial charge on any atom is -0.480 e. The monoisotopic (exact) mass is 236 g/mol. The summed E-state index contributed by atoms with van der Waals surface area (Å²) in [5.74, 6) is -0.915. The van der Waals surface area contributed by atoms with Gasteiger partial charge in [-0.1, -0.05) is 36.8 Å². The first-order chi connectivity index (χ1) is 8.20. The highest BCUT2D eigenvalue weighted by Gasteiger charge is 2.09. The number of hydrogen-bond donors (Lipinski definition) is 3. The van der Waals surface area contributed by atoms with Crippen molar-refractivity contribution in [1.29, 1.82) is 0 Å². The van der Waals surface area contributed by atoms with Gasteiger partial charge in [-0.2, -0.15) is 0 Å². The predicted molar refractivity (Wildman–Crippen MR) is 67.6 cm³/mol. The van der Waals surface area contributed by atoms with Gasteiger partial charge in [0.1, 0.15) is 6.04 Å². The van der Waals surface area contributed by atoms with Crippen molar-refractivity contribution in [3.63, 3.8) is 0 Å². The van der Waals surface area contributed by atoms with Crippen LogP contribution in [-0.4, -0.2) is 23.7 Å². The molecule has 0 bridgehead atoms. The molecule has 0 spiro atoms. The number of benzene rings is 1. The molecule has 0 fully saturated rings. The van der Waals surface area contributed by atoms with Crippen LogP contribution in [-0.2, 0) is 11.3 Å². The third-order valence-corrected chi connectivity index (χ3v) is 2.61. The van der Waals surface area contributed by atoms with E-state index in [1.807, 2.05) is 18.2 Å². The first-order valence-electron chi connectivity index (χ1n) is 5.93. The zero-order chi connectivity index (χ0) is 12.5. The predicted octanol–water partition coefficient (Wildman–Crippen LogP) is 1.36. The van der Waals surface area contributed by atoms with Crippen molar-refractivity contribution in [3.8, 4) is 0 Å². The number of rotatable bonds is 8. The van der Waals surface area contributed by atoms with Crippen molar-refractivity contribution in [2.45, 2.75) is 31.8 Å². The summed E-state index contributed by atoms with van der Waals surface area (Å²) in [5.41, 5.74) is 6.66. The maximum atomic E-state index is 10.5. The minimum atomic E-state index is -0.915. The van der Waals surface area contributed by atoms with Crippen LogP contribution in [0, 0.1) is 0 Å². The van der Waals surface area contributed by atoms with Gasteiger partial charge in [0.25, 0.3) is 0 Å². The van der Waals surface area contributed by atoms with Crippen LogP contribution in [0.1, 0.15) is 24.8 Å². The quantitative estimate of drug-likeness (QED) is 0.596. The standard InChI is InChI=1S/C13H20N2O2/c14-12(13(16)17)8-4-5-9-15-10-11-6-2-1-3-7-11/h1-3,6-7,12,15H,4-5,8-10,14H2,(H,16,17)/t12-/m1/s1. The molecule has 4 N–H and O–H groups in total. The Bertz CT molecular complexity index is 327. The van der Waals surface area contributed by atoms with Gasteiger partial charge >= 0.3 is 5.97 Å². The summed E-state index contributed by atoms with van der Waals surface area (Å²) < 4.78 is 0. The first-order valence-corrected chi connectivity index (χ1v) is 5.93. The van der Waals surface area contributed by atoms with E-state index in [2.05, 4.69) is 17.4 Å². The number of unbranched alkanes of at least 4 members (excludes halogenated alkanes) is 1. The minimum absolute atomic E-state index is 0.544. The summed E-state index contributed by atoms with van der Waals surface area (Å²) in [5, 5.41) is 11.9. The second kappa shape index (κ2) is 7.81. The van der Waals surface area contributed by atoms with E-state index in [-0.39, 0.29) is 0 Å². The summed E-state index contributed by atoms with van der Waals surface area (Å²) in [6.07, 6.45) is 2.34. The Kier molecular flexibility index (Phi) is 6.29. The Morgan fingerprint density at radius 3 is 2.65 bits per heavy atom. The molecule has 0 heterocycles. The van der Waals surface area contributed by atoms with Gasteiger partial charge in [-0.25, -0.2) is 0 Å². The number of hydrogen-bond acceptors (Lipinski definition) is 3. The normalized spacial score (nSPS) is 12.3. The molecule has 0 radical (unpaired) electrons. The number of nitrogens with two attached hydrogens (primary N) is 1. The number of carboxylic acids is 1. The van der Waals surface area contributed by atoms with E-state index in [0.717, 1.165) is 25.9 Å². The molecule has 4 heteroatoms. The lowest BCUT2D eigenvalue weighted by Gasteiger charge is -2.07. The Labute approximate surface area is 102 Å². The lowest BCUT2D eigenvalue weighted by molar-refractivity contribution is -0.138. The highest BCUT2D eigenvalue weighted by atomic mass is 16.4. The van der Waals surface area contributed by atoms with Gasteiger partial charge in [0, 0.05) is 6.54 Å². The highest BCUT2D eigenvalue weighted by molar-refractivity contribution is 5.72. The second-order valence-electron chi connectivity index (χ2n) is 4.10. The fraction of sp³-hybridized carbons (Fsp3) is 0.462. The SMILES string of the molecule is N[C@H](CCCCNCc1ccccc1)C(=O)O. The van der Waals surface area contributed by atoms with Crippen molar-refractivity contribution in [2.24, 2.45) is 5.73 Å². The first kappa shape index (κ1) is 13.7. The molecule has 0 aliphatic heterocycles. The zero-order valence-electron chi connectivity index (χ0n) is 9.93. The van der Waals surface area contributed by atoms with Crippen LogP contribution >= 0.6 is 0 Å². The van der Waals surface area contributed by atoms with Crippen molar-refractivity contribution in [1.82, 2.24) is 5.32 Å². The van der Waals surface area contributed by atoms with E-state index in [0.29, 0.717) is 6.42 Å². The summed E-state index contributed by atoms with van der Waals surface area (Å²) in [6, 6.07) is 9.47. The van der Waals surface area contributed by atoms with Crippen LogP contribution in [0.4, 0.5) is 0 Å². The molecule has 1 atom stereocenters. The molecule has 1 aromatic carbocycles. The average molecular weight is 236 g/mol. The van der Waals surface area contributed by atoms with Gasteiger partial charge in [-0.3, -0.25) is 4.79 Å². The van der Waals surface area contributed by atoms with E-state index < -0.39 is 12.0 Å². The van der Waals surface area contributed by atoms with E-state index in [1.165, 1.54) is 5.56 Å². The fourth-order valence-electron chi connectivity index (χ4n) is 1.57. The molecule has 1 aromatic rings. The Morgan fingerprint density at radius 2 is 2.00 bits per heavy atom. The lowest BCUT2D eigenvalue weighted by atomic mass is 10.1. The maximum absolute atomic E-state index is 10.5. The molecular formula is C13H20N2O2. The molecule has 0 saturated heterocycles. The van der Waals surface area contributed by atoms with E-state index in [9.17, 15) is 4.79 Å². The van der Waals surface area contributed by atoms with Crippen LogP contribution in [0.2, 0.25) is 0 Å². The van der Waals surface area contributed by atoms with E-state index in [1.54, 1.807) is 0 Å². The topological polar surface area (TPSA) is 75.3 Å². The van der Waals surface area contributed by atoms with Crippen LogP contribution < -0.4 is 11.1 Å². The van der Waals surface area contributed by atoms with Gasteiger partial charge in [-0.15, -0.1) is 0 Å². The second-order valence-corrected chi connectivity index (χ2v) is 4.10. The molecule has 1 rings (SSSR count). The van der Waals surface area contributed by atoms with Crippen molar-refractivity contribution in [2.75, 3.05) is 6.54 Å². The summed E-state index contributed by atoms with van der Waals surface area (Å²) in [6.45, 7) is 1.74. The molecule has 0 aliphatic carbocycles. The molecule has 4 nitrogen and oxygen atoms in total. The molecule has 0 amide bonds. The summed E-state index contributed by atoms with van der Waals surface area (Å²) in [7, 11) is 0. The van der Waals surface area contributed by atoms with E-state index in [4.69, 9.17) is 10.8 Å². The van der Waals surface area contributed by atoms with Crippen LogP contribution in [0.3, 0.4) is 0 Å². The largest absolute Gasteiger partial charge is 0.480 e. The molecule has 0 unspecified atom stereocenters. The van der Waals surface area contributed by atoms with Crippen LogP contribution in [0.5, 0.6) is 0 Å².